The van der Waals surface area contributed by atoms with Gasteiger partial charge in [-0.15, -0.1) is 0 Å². The first-order valence-corrected chi connectivity index (χ1v) is 11.5. The Labute approximate surface area is 197 Å². The van der Waals surface area contributed by atoms with Crippen molar-refractivity contribution in [1.82, 2.24) is 10.3 Å². The van der Waals surface area contributed by atoms with E-state index in [-0.39, 0.29) is 18.5 Å². The smallest absolute Gasteiger partial charge is 0.407 e. The number of benzene rings is 2. The van der Waals surface area contributed by atoms with Gasteiger partial charge in [0.25, 0.3) is 5.56 Å². The molecular weight excluding hydrogens is 437 g/mol. The highest BCUT2D eigenvalue weighted by Gasteiger charge is 2.18. The van der Waals surface area contributed by atoms with E-state index in [4.69, 9.17) is 9.47 Å². The molecule has 2 aromatic carbocycles. The standard InChI is InChI=1S/C26H30FN3O4/c1-26(2,3)34-25(32)28-12-15-33-23-20-11-8-18(27)16-21(20)24(31)29-22(23)17-6-9-19(10-7-17)30-13-4-5-14-30/h6-11,16H,4-5,12-15H2,1-3H3,(H,28,32)(H,29,31). The number of ether oxygens (including phenoxy) is 2. The number of H-pyrrole nitrogens is 1. The number of rotatable bonds is 6. The number of carbonyl (C=O) groups is 1. The van der Waals surface area contributed by atoms with Gasteiger partial charge in [-0.3, -0.25) is 4.79 Å². The number of anilines is 1. The first kappa shape index (κ1) is 23.6. The van der Waals surface area contributed by atoms with E-state index in [1.54, 1.807) is 26.8 Å². The minimum atomic E-state index is -0.599. The zero-order chi connectivity index (χ0) is 24.3. The quantitative estimate of drug-likeness (QED) is 0.507. The molecule has 0 saturated carbocycles. The molecular formula is C26H30FN3O4. The van der Waals surface area contributed by atoms with Crippen LogP contribution in [0.15, 0.2) is 47.3 Å². The Morgan fingerprint density at radius 3 is 2.47 bits per heavy atom. The maximum Gasteiger partial charge on any atom is 0.407 e. The summed E-state index contributed by atoms with van der Waals surface area (Å²) in [6, 6.07) is 12.0. The van der Waals surface area contributed by atoms with E-state index in [1.165, 1.54) is 25.0 Å². The molecule has 2 N–H and O–H groups in total. The predicted molar refractivity (Wildman–Crippen MR) is 131 cm³/mol. The lowest BCUT2D eigenvalue weighted by atomic mass is 10.0. The maximum absolute atomic E-state index is 13.8. The third-order valence-electron chi connectivity index (χ3n) is 5.58. The van der Waals surface area contributed by atoms with Gasteiger partial charge in [-0.2, -0.15) is 0 Å². The van der Waals surface area contributed by atoms with Gasteiger partial charge in [-0.05, 0) is 63.9 Å². The molecule has 180 valence electrons. The average Bonchev–Trinajstić information content (AvgIpc) is 3.32. The number of pyridine rings is 1. The zero-order valence-electron chi connectivity index (χ0n) is 19.7. The number of amides is 1. The molecule has 0 aliphatic carbocycles. The second kappa shape index (κ2) is 9.75. The van der Waals surface area contributed by atoms with Crippen LogP contribution in [0.1, 0.15) is 33.6 Å². The lowest BCUT2D eigenvalue weighted by molar-refractivity contribution is 0.0520. The van der Waals surface area contributed by atoms with Crippen LogP contribution < -0.4 is 20.5 Å². The van der Waals surface area contributed by atoms with Crippen molar-refractivity contribution >= 4 is 22.6 Å². The number of nitrogens with zero attached hydrogens (tertiary/aromatic N) is 1. The van der Waals surface area contributed by atoms with Crippen molar-refractivity contribution in [1.29, 1.82) is 0 Å². The van der Waals surface area contributed by atoms with Crippen molar-refractivity contribution in [3.8, 4) is 17.0 Å². The van der Waals surface area contributed by atoms with Gasteiger partial charge < -0.3 is 24.7 Å². The summed E-state index contributed by atoms with van der Waals surface area (Å²) in [7, 11) is 0. The molecule has 7 nitrogen and oxygen atoms in total. The summed E-state index contributed by atoms with van der Waals surface area (Å²) >= 11 is 0. The van der Waals surface area contributed by atoms with Crippen molar-refractivity contribution in [3.63, 3.8) is 0 Å². The molecule has 1 saturated heterocycles. The summed E-state index contributed by atoms with van der Waals surface area (Å²) in [6.07, 6.45) is 1.83. The van der Waals surface area contributed by atoms with Crippen LogP contribution >= 0.6 is 0 Å². The zero-order valence-corrected chi connectivity index (χ0v) is 19.7. The number of carbonyl (C=O) groups excluding carboxylic acids is 1. The second-order valence-electron chi connectivity index (χ2n) is 9.37. The molecule has 4 rings (SSSR count). The fraction of sp³-hybridized carbons (Fsp3) is 0.385. The summed E-state index contributed by atoms with van der Waals surface area (Å²) in [5.74, 6) is -0.0761. The Balaban J connectivity index is 1.61. The van der Waals surface area contributed by atoms with Crippen molar-refractivity contribution in [2.24, 2.45) is 0 Å². The van der Waals surface area contributed by atoms with E-state index >= 15 is 0 Å². The summed E-state index contributed by atoms with van der Waals surface area (Å²) in [5, 5.41) is 3.35. The molecule has 1 amide bonds. The number of aromatic nitrogens is 1. The lowest BCUT2D eigenvalue weighted by Crippen LogP contribution is -2.34. The van der Waals surface area contributed by atoms with Crippen LogP contribution in [0.2, 0.25) is 0 Å². The van der Waals surface area contributed by atoms with Crippen LogP contribution in [-0.4, -0.2) is 42.9 Å². The molecule has 1 aliphatic rings. The van der Waals surface area contributed by atoms with Gasteiger partial charge in [-0.25, -0.2) is 9.18 Å². The van der Waals surface area contributed by atoms with Crippen molar-refractivity contribution in [2.75, 3.05) is 31.1 Å². The first-order valence-electron chi connectivity index (χ1n) is 11.5. The number of fused-ring (bicyclic) bond motifs is 1. The van der Waals surface area contributed by atoms with Crippen LogP contribution in [-0.2, 0) is 4.74 Å². The Kier molecular flexibility index (Phi) is 6.77. The first-order chi connectivity index (χ1) is 16.2. The monoisotopic (exact) mass is 467 g/mol. The topological polar surface area (TPSA) is 83.7 Å². The summed E-state index contributed by atoms with van der Waals surface area (Å²) in [6.45, 7) is 7.77. The van der Waals surface area contributed by atoms with Crippen molar-refractivity contribution in [3.05, 3.63) is 58.6 Å². The van der Waals surface area contributed by atoms with Gasteiger partial charge in [0.2, 0.25) is 0 Å². The highest BCUT2D eigenvalue weighted by atomic mass is 19.1. The molecule has 8 heteroatoms. The Hall–Kier alpha value is -3.55. The molecule has 0 unspecified atom stereocenters. The number of alkyl carbamates (subject to hydrolysis) is 1. The van der Waals surface area contributed by atoms with E-state index < -0.39 is 23.1 Å². The molecule has 0 spiro atoms. The molecule has 0 atom stereocenters. The fourth-order valence-corrected chi connectivity index (χ4v) is 4.06. The van der Waals surface area contributed by atoms with E-state index in [2.05, 4.69) is 15.2 Å². The minimum absolute atomic E-state index is 0.136. The number of halogens is 1. The van der Waals surface area contributed by atoms with Gasteiger partial charge in [0.15, 0.2) is 5.75 Å². The van der Waals surface area contributed by atoms with Crippen LogP contribution in [0, 0.1) is 5.82 Å². The van der Waals surface area contributed by atoms with E-state index in [0.29, 0.717) is 16.8 Å². The van der Waals surface area contributed by atoms with Crippen molar-refractivity contribution in [2.45, 2.75) is 39.2 Å². The van der Waals surface area contributed by atoms with Crippen LogP contribution in [0.3, 0.4) is 0 Å². The Bertz CT molecular complexity index is 1230. The molecule has 34 heavy (non-hydrogen) atoms. The van der Waals surface area contributed by atoms with Gasteiger partial charge >= 0.3 is 6.09 Å². The predicted octanol–water partition coefficient (Wildman–Crippen LogP) is 4.84. The van der Waals surface area contributed by atoms with Crippen molar-refractivity contribution < 1.29 is 18.7 Å². The van der Waals surface area contributed by atoms with Gasteiger partial charge in [-0.1, -0.05) is 12.1 Å². The molecule has 2 heterocycles. The molecule has 3 aromatic rings. The van der Waals surface area contributed by atoms with E-state index in [0.717, 1.165) is 24.3 Å². The second-order valence-corrected chi connectivity index (χ2v) is 9.37. The van der Waals surface area contributed by atoms with Crippen LogP contribution in [0.4, 0.5) is 14.9 Å². The molecule has 1 fully saturated rings. The Morgan fingerprint density at radius 2 is 1.79 bits per heavy atom. The van der Waals surface area contributed by atoms with Gasteiger partial charge in [0.1, 0.15) is 18.0 Å². The maximum atomic E-state index is 13.8. The third-order valence-corrected chi connectivity index (χ3v) is 5.58. The summed E-state index contributed by atoms with van der Waals surface area (Å²) in [5.41, 5.74) is 1.43. The largest absolute Gasteiger partial charge is 0.489 e. The highest BCUT2D eigenvalue weighted by Crippen LogP contribution is 2.35. The van der Waals surface area contributed by atoms with Gasteiger partial charge in [0.05, 0.1) is 17.6 Å². The molecule has 1 aromatic heterocycles. The number of hydrogen-bond donors (Lipinski definition) is 2. The number of hydrogen-bond acceptors (Lipinski definition) is 5. The minimum Gasteiger partial charge on any atom is -0.489 e. The number of aromatic amines is 1. The van der Waals surface area contributed by atoms with Crippen LogP contribution in [0.5, 0.6) is 5.75 Å². The number of nitrogens with one attached hydrogen (secondary N) is 2. The average molecular weight is 468 g/mol. The third kappa shape index (κ3) is 5.50. The fourth-order valence-electron chi connectivity index (χ4n) is 4.06. The molecule has 1 aliphatic heterocycles. The van der Waals surface area contributed by atoms with E-state index in [9.17, 15) is 14.0 Å². The SMILES string of the molecule is CC(C)(C)OC(=O)NCCOc1c(-c2ccc(N3CCCC3)cc2)[nH]c(=O)c2cc(F)ccc12. The lowest BCUT2D eigenvalue weighted by Gasteiger charge is -2.20. The summed E-state index contributed by atoms with van der Waals surface area (Å²) < 4.78 is 25.1. The molecule has 0 bridgehead atoms. The highest BCUT2D eigenvalue weighted by molar-refractivity contribution is 5.93. The normalized spacial score (nSPS) is 13.8. The Morgan fingerprint density at radius 1 is 1.09 bits per heavy atom. The van der Waals surface area contributed by atoms with E-state index in [1.807, 2.05) is 24.3 Å². The summed E-state index contributed by atoms with van der Waals surface area (Å²) in [4.78, 5) is 29.8. The van der Waals surface area contributed by atoms with Gasteiger partial charge in [0, 0.05) is 29.7 Å². The van der Waals surface area contributed by atoms with Crippen LogP contribution in [0.25, 0.3) is 22.0 Å². The molecule has 0 radical (unpaired) electrons.